The standard InChI is InChI=1S/C30H32N6O2/c1-32-24-11-13-25(14-12-24)38-30(37)33-27-18-21(9-15-26(27)23-7-3-2-4-8-23)6-5-17-36-29-16-10-22(20-31)19-28(29)34-35-36/h2-4,7-10,15-16,18-19,24-25,32H,5-6,11-14,17H2,1H3,(H,33,37)/t24-,25-. The number of amides is 1. The third kappa shape index (κ3) is 6.01. The van der Waals surface area contributed by atoms with Crippen LogP contribution in [0.4, 0.5) is 10.5 Å². The first-order valence-corrected chi connectivity index (χ1v) is 13.2. The molecule has 0 spiro atoms. The van der Waals surface area contributed by atoms with Crippen molar-refractivity contribution in [2.24, 2.45) is 0 Å². The molecule has 1 heterocycles. The Morgan fingerprint density at radius 1 is 1.08 bits per heavy atom. The van der Waals surface area contributed by atoms with Crippen LogP contribution < -0.4 is 10.6 Å². The van der Waals surface area contributed by atoms with Gasteiger partial charge in [0.25, 0.3) is 0 Å². The van der Waals surface area contributed by atoms with Gasteiger partial charge in [-0.1, -0.05) is 47.7 Å². The van der Waals surface area contributed by atoms with Gasteiger partial charge in [0, 0.05) is 18.2 Å². The van der Waals surface area contributed by atoms with Gasteiger partial charge in [-0.05, 0) is 81.0 Å². The highest BCUT2D eigenvalue weighted by molar-refractivity contribution is 5.91. The number of benzene rings is 3. The fourth-order valence-corrected chi connectivity index (χ4v) is 5.12. The Balaban J connectivity index is 1.27. The molecule has 1 aliphatic carbocycles. The Labute approximate surface area is 222 Å². The number of nitrogens with zero attached hydrogens (tertiary/aromatic N) is 4. The molecule has 0 bridgehead atoms. The van der Waals surface area contributed by atoms with Gasteiger partial charge < -0.3 is 10.1 Å². The second-order valence-electron chi connectivity index (χ2n) is 9.77. The lowest BCUT2D eigenvalue weighted by Crippen LogP contribution is -2.34. The van der Waals surface area contributed by atoms with Crippen molar-refractivity contribution in [2.45, 2.75) is 57.2 Å². The van der Waals surface area contributed by atoms with Gasteiger partial charge in [-0.15, -0.1) is 5.10 Å². The lowest BCUT2D eigenvalue weighted by Gasteiger charge is -2.28. The number of nitrogens with one attached hydrogen (secondary N) is 2. The minimum atomic E-state index is -0.405. The predicted molar refractivity (Wildman–Crippen MR) is 148 cm³/mol. The molecule has 1 fully saturated rings. The summed E-state index contributed by atoms with van der Waals surface area (Å²) in [6, 6.07) is 24.3. The van der Waals surface area contributed by atoms with E-state index in [1.807, 2.05) is 54.2 Å². The summed E-state index contributed by atoms with van der Waals surface area (Å²) < 4.78 is 7.66. The number of rotatable bonds is 8. The summed E-state index contributed by atoms with van der Waals surface area (Å²) in [5.41, 5.74) is 6.07. The summed E-state index contributed by atoms with van der Waals surface area (Å²) >= 11 is 0. The van der Waals surface area contributed by atoms with Crippen molar-refractivity contribution < 1.29 is 9.53 Å². The van der Waals surface area contributed by atoms with Gasteiger partial charge in [-0.3, -0.25) is 5.32 Å². The second kappa shape index (κ2) is 11.9. The first-order chi connectivity index (χ1) is 18.6. The minimum absolute atomic E-state index is 0.0512. The maximum atomic E-state index is 12.9. The van der Waals surface area contributed by atoms with Gasteiger partial charge in [0.2, 0.25) is 0 Å². The fraction of sp³-hybridized carbons (Fsp3) is 0.333. The van der Waals surface area contributed by atoms with E-state index in [0.717, 1.165) is 71.9 Å². The van der Waals surface area contributed by atoms with Crippen LogP contribution in [0.5, 0.6) is 0 Å². The summed E-state index contributed by atoms with van der Waals surface area (Å²) in [6.45, 7) is 0.697. The molecule has 0 unspecified atom stereocenters. The first-order valence-electron chi connectivity index (χ1n) is 13.2. The van der Waals surface area contributed by atoms with Crippen LogP contribution in [0.25, 0.3) is 22.2 Å². The number of aromatic nitrogens is 3. The second-order valence-corrected chi connectivity index (χ2v) is 9.77. The van der Waals surface area contributed by atoms with Gasteiger partial charge in [0.15, 0.2) is 0 Å². The number of anilines is 1. The molecule has 4 aromatic rings. The monoisotopic (exact) mass is 508 g/mol. The summed E-state index contributed by atoms with van der Waals surface area (Å²) in [4.78, 5) is 12.9. The molecule has 194 valence electrons. The van der Waals surface area contributed by atoms with E-state index in [-0.39, 0.29) is 6.10 Å². The molecule has 5 rings (SSSR count). The third-order valence-electron chi connectivity index (χ3n) is 7.24. The SMILES string of the molecule is CN[C@H]1CC[C@H](OC(=O)Nc2cc(CCCn3nnc4cc(C#N)ccc43)ccc2-c2ccccc2)CC1. The van der Waals surface area contributed by atoms with E-state index < -0.39 is 6.09 Å². The number of ether oxygens (including phenoxy) is 1. The average Bonchev–Trinajstić information content (AvgIpc) is 3.36. The van der Waals surface area contributed by atoms with Gasteiger partial charge >= 0.3 is 6.09 Å². The number of aryl methyl sites for hydroxylation is 2. The van der Waals surface area contributed by atoms with Crippen LogP contribution >= 0.6 is 0 Å². The predicted octanol–water partition coefficient (Wildman–Crippen LogP) is 5.68. The zero-order chi connectivity index (χ0) is 26.3. The van der Waals surface area contributed by atoms with E-state index >= 15 is 0 Å². The van der Waals surface area contributed by atoms with Crippen molar-refractivity contribution in [2.75, 3.05) is 12.4 Å². The Morgan fingerprint density at radius 2 is 1.89 bits per heavy atom. The van der Waals surface area contributed by atoms with Crippen LogP contribution in [0.2, 0.25) is 0 Å². The highest BCUT2D eigenvalue weighted by Crippen LogP contribution is 2.30. The summed E-state index contributed by atoms with van der Waals surface area (Å²) in [7, 11) is 1.98. The van der Waals surface area contributed by atoms with Crippen molar-refractivity contribution >= 4 is 22.8 Å². The molecule has 0 aliphatic heterocycles. The van der Waals surface area contributed by atoms with Gasteiger partial charge in [0.1, 0.15) is 11.6 Å². The smallest absolute Gasteiger partial charge is 0.411 e. The number of nitriles is 1. The maximum absolute atomic E-state index is 12.9. The molecule has 38 heavy (non-hydrogen) atoms. The molecular weight excluding hydrogens is 476 g/mol. The Bertz CT molecular complexity index is 1430. The minimum Gasteiger partial charge on any atom is -0.446 e. The Kier molecular flexibility index (Phi) is 7.95. The molecule has 8 nitrogen and oxygen atoms in total. The van der Waals surface area contributed by atoms with E-state index in [4.69, 9.17) is 10.00 Å². The molecule has 2 N–H and O–H groups in total. The average molecular weight is 509 g/mol. The number of carbonyl (C=O) groups excluding carboxylic acids is 1. The van der Waals surface area contributed by atoms with Crippen LogP contribution in [0.1, 0.15) is 43.2 Å². The fourth-order valence-electron chi connectivity index (χ4n) is 5.12. The molecule has 8 heteroatoms. The number of hydrogen-bond acceptors (Lipinski definition) is 6. The van der Waals surface area contributed by atoms with Crippen molar-refractivity contribution in [3.63, 3.8) is 0 Å². The molecule has 0 saturated heterocycles. The molecule has 1 aliphatic rings. The highest BCUT2D eigenvalue weighted by Gasteiger charge is 2.23. The van der Waals surface area contributed by atoms with E-state index in [1.165, 1.54) is 0 Å². The first kappa shape index (κ1) is 25.4. The van der Waals surface area contributed by atoms with E-state index in [2.05, 4.69) is 39.1 Å². The largest absolute Gasteiger partial charge is 0.446 e. The lowest BCUT2D eigenvalue weighted by molar-refractivity contribution is 0.0800. The number of fused-ring (bicyclic) bond motifs is 1. The van der Waals surface area contributed by atoms with Crippen molar-refractivity contribution in [3.05, 3.63) is 77.9 Å². The van der Waals surface area contributed by atoms with Crippen LogP contribution in [-0.4, -0.2) is 40.3 Å². The van der Waals surface area contributed by atoms with Crippen LogP contribution in [-0.2, 0) is 17.7 Å². The van der Waals surface area contributed by atoms with Gasteiger partial charge in [0.05, 0.1) is 22.8 Å². The van der Waals surface area contributed by atoms with Crippen molar-refractivity contribution in [3.8, 4) is 17.2 Å². The molecule has 1 amide bonds. The Hall–Kier alpha value is -4.22. The quantitative estimate of drug-likeness (QED) is 0.317. The van der Waals surface area contributed by atoms with Crippen LogP contribution in [0.15, 0.2) is 66.7 Å². The van der Waals surface area contributed by atoms with Crippen LogP contribution in [0, 0.1) is 11.3 Å². The van der Waals surface area contributed by atoms with Gasteiger partial charge in [-0.2, -0.15) is 5.26 Å². The lowest BCUT2D eigenvalue weighted by atomic mass is 9.93. The molecule has 1 aromatic heterocycles. The molecule has 0 radical (unpaired) electrons. The number of carbonyl (C=O) groups is 1. The van der Waals surface area contributed by atoms with Gasteiger partial charge in [-0.25, -0.2) is 9.48 Å². The van der Waals surface area contributed by atoms with E-state index in [9.17, 15) is 4.79 Å². The molecule has 3 aromatic carbocycles. The zero-order valence-corrected chi connectivity index (χ0v) is 21.6. The summed E-state index contributed by atoms with van der Waals surface area (Å²) in [6.07, 6.45) is 4.98. The Morgan fingerprint density at radius 3 is 2.66 bits per heavy atom. The van der Waals surface area contributed by atoms with Crippen LogP contribution in [0.3, 0.4) is 0 Å². The van der Waals surface area contributed by atoms with Crippen molar-refractivity contribution in [1.82, 2.24) is 20.3 Å². The zero-order valence-electron chi connectivity index (χ0n) is 21.6. The highest BCUT2D eigenvalue weighted by atomic mass is 16.6. The topological polar surface area (TPSA) is 105 Å². The molecule has 1 saturated carbocycles. The summed E-state index contributed by atoms with van der Waals surface area (Å²) in [5, 5.41) is 23.9. The normalized spacial score (nSPS) is 17.2. The third-order valence-corrected chi connectivity index (χ3v) is 7.24. The maximum Gasteiger partial charge on any atom is 0.411 e. The van der Waals surface area contributed by atoms with Crippen molar-refractivity contribution in [1.29, 1.82) is 5.26 Å². The summed E-state index contributed by atoms with van der Waals surface area (Å²) in [5.74, 6) is 0. The van der Waals surface area contributed by atoms with E-state index in [0.29, 0.717) is 18.2 Å². The molecular formula is C30H32N6O2. The number of hydrogen-bond donors (Lipinski definition) is 2. The van der Waals surface area contributed by atoms with E-state index in [1.54, 1.807) is 12.1 Å². The molecule has 0 atom stereocenters.